The second kappa shape index (κ2) is 13.8. The lowest BCUT2D eigenvalue weighted by atomic mass is 9.77. The number of likely N-dealkylation sites (N-methyl/N-ethyl adjacent to an activating group) is 1. The molecule has 3 amide bonds. The molecule has 52 heavy (non-hydrogen) atoms. The minimum Gasteiger partial charge on any atom is -0.478 e. The fraction of sp³-hybridized carbons (Fsp3) is 0.361. The Kier molecular flexibility index (Phi) is 9.21. The van der Waals surface area contributed by atoms with Crippen LogP contribution in [0.1, 0.15) is 38.3 Å². The first-order valence-electron chi connectivity index (χ1n) is 17.0. The molecule has 5 heterocycles. The summed E-state index contributed by atoms with van der Waals surface area (Å²) in [5.41, 5.74) is 2.72. The molecule has 5 aromatic rings. The summed E-state index contributed by atoms with van der Waals surface area (Å²) in [5.74, 6) is 0.176. The average molecular weight is 727 g/mol. The van der Waals surface area contributed by atoms with Crippen molar-refractivity contribution in [3.8, 4) is 5.75 Å². The van der Waals surface area contributed by atoms with Crippen molar-refractivity contribution in [2.24, 2.45) is 14.1 Å². The number of hydrogen-bond acceptors (Lipinski definition) is 11. The molecule has 7 rings (SSSR count). The van der Waals surface area contributed by atoms with Crippen LogP contribution in [0.15, 0.2) is 53.5 Å². The van der Waals surface area contributed by atoms with Crippen LogP contribution >= 0.6 is 11.6 Å². The number of fused-ring (bicyclic) bond motifs is 2. The molecule has 0 aliphatic carbocycles. The molecule has 0 spiro atoms. The molecule has 2 aliphatic rings. The van der Waals surface area contributed by atoms with Gasteiger partial charge in [0.25, 0.3) is 11.5 Å². The van der Waals surface area contributed by atoms with E-state index in [9.17, 15) is 19.2 Å². The highest BCUT2D eigenvalue weighted by Gasteiger charge is 2.43. The standard InChI is InChI=1S/C36H39ClN10O5/c1-36(12-9-29(48)42-34(36)51)31-24-7-5-23(17-27(24)46(4)44-31)40-21-10-13-47(14-11-21)35-39-18-25(37)32(43-35)41-22-6-8-26-20(15-22)16-28(33(50)45(26)3)52-19-30(49)38-2/h5-8,15-18,21,40H,9-14,19H2,1-4H3,(H,38,49)(H,39,41,43)(H,42,48,51). The number of halogens is 1. The summed E-state index contributed by atoms with van der Waals surface area (Å²) in [6, 6.07) is 13.4. The van der Waals surface area contributed by atoms with E-state index in [1.165, 1.54) is 11.6 Å². The van der Waals surface area contributed by atoms with E-state index < -0.39 is 5.41 Å². The number of nitrogens with zero attached hydrogens (tertiary/aromatic N) is 6. The first-order chi connectivity index (χ1) is 24.9. The van der Waals surface area contributed by atoms with Gasteiger partial charge < -0.3 is 30.2 Å². The van der Waals surface area contributed by atoms with Crippen molar-refractivity contribution in [3.05, 3.63) is 69.7 Å². The first kappa shape index (κ1) is 34.7. The summed E-state index contributed by atoms with van der Waals surface area (Å²) >= 11 is 6.53. The number of aromatic nitrogens is 5. The van der Waals surface area contributed by atoms with Crippen LogP contribution in [0.3, 0.4) is 0 Å². The molecule has 0 bridgehead atoms. The second-order valence-corrected chi connectivity index (χ2v) is 13.8. The van der Waals surface area contributed by atoms with E-state index in [4.69, 9.17) is 26.4 Å². The van der Waals surface area contributed by atoms with Crippen molar-refractivity contribution in [3.63, 3.8) is 0 Å². The van der Waals surface area contributed by atoms with Crippen molar-refractivity contribution < 1.29 is 19.1 Å². The molecule has 3 aromatic heterocycles. The van der Waals surface area contributed by atoms with Gasteiger partial charge in [0.1, 0.15) is 5.02 Å². The number of pyridine rings is 1. The van der Waals surface area contributed by atoms with Crippen molar-refractivity contribution in [1.29, 1.82) is 0 Å². The number of ether oxygens (including phenoxy) is 1. The van der Waals surface area contributed by atoms with Gasteiger partial charge in [0.05, 0.1) is 28.3 Å². The summed E-state index contributed by atoms with van der Waals surface area (Å²) in [7, 11) is 5.02. The third-order valence-electron chi connectivity index (χ3n) is 9.95. The van der Waals surface area contributed by atoms with Crippen LogP contribution in [-0.2, 0) is 33.9 Å². The van der Waals surface area contributed by atoms with Gasteiger partial charge in [0, 0.05) is 68.8 Å². The zero-order chi connectivity index (χ0) is 36.7. The van der Waals surface area contributed by atoms with Crippen LogP contribution < -0.4 is 36.5 Å². The molecule has 2 aliphatic heterocycles. The molecule has 2 saturated heterocycles. The van der Waals surface area contributed by atoms with Gasteiger partial charge in [-0.15, -0.1) is 0 Å². The number of nitrogens with one attached hydrogen (secondary N) is 4. The van der Waals surface area contributed by atoms with Crippen LogP contribution in [0.2, 0.25) is 5.02 Å². The molecule has 270 valence electrons. The Bertz CT molecular complexity index is 2300. The quantitative estimate of drug-likeness (QED) is 0.164. The maximum atomic E-state index is 12.8. The van der Waals surface area contributed by atoms with Crippen molar-refractivity contribution >= 4 is 74.3 Å². The van der Waals surface area contributed by atoms with E-state index >= 15 is 0 Å². The zero-order valence-electron chi connectivity index (χ0n) is 29.2. The predicted octanol–water partition coefficient (Wildman–Crippen LogP) is 3.51. The third kappa shape index (κ3) is 6.59. The van der Waals surface area contributed by atoms with E-state index in [-0.39, 0.29) is 48.1 Å². The number of carbonyl (C=O) groups excluding carboxylic acids is 3. The topological polar surface area (TPSA) is 177 Å². The average Bonchev–Trinajstić information content (AvgIpc) is 3.48. The van der Waals surface area contributed by atoms with Gasteiger partial charge in [-0.25, -0.2) is 4.98 Å². The van der Waals surface area contributed by atoms with Gasteiger partial charge in [-0.1, -0.05) is 11.6 Å². The number of anilines is 4. The summed E-state index contributed by atoms with van der Waals surface area (Å²) in [5, 5.41) is 18.6. The Morgan fingerprint density at radius 1 is 1.06 bits per heavy atom. The van der Waals surface area contributed by atoms with Gasteiger partial charge in [0.2, 0.25) is 17.8 Å². The van der Waals surface area contributed by atoms with Crippen LogP contribution in [-0.4, -0.2) is 74.8 Å². The van der Waals surface area contributed by atoms with Gasteiger partial charge in [0.15, 0.2) is 18.2 Å². The van der Waals surface area contributed by atoms with Gasteiger partial charge in [-0.05, 0) is 68.7 Å². The highest BCUT2D eigenvalue weighted by molar-refractivity contribution is 6.33. The van der Waals surface area contributed by atoms with E-state index in [0.29, 0.717) is 40.1 Å². The molecule has 15 nitrogen and oxygen atoms in total. The smallest absolute Gasteiger partial charge is 0.293 e. The normalized spacial score (nSPS) is 18.1. The minimum atomic E-state index is -0.875. The Hall–Kier alpha value is -5.70. The first-order valence-corrected chi connectivity index (χ1v) is 17.4. The van der Waals surface area contributed by atoms with Gasteiger partial charge in [-0.2, -0.15) is 10.1 Å². The molecular weight excluding hydrogens is 688 g/mol. The number of piperidine rings is 2. The monoisotopic (exact) mass is 726 g/mol. The number of benzene rings is 2. The lowest BCUT2D eigenvalue weighted by Gasteiger charge is -2.33. The molecule has 16 heteroatoms. The number of hydrogen-bond donors (Lipinski definition) is 4. The largest absolute Gasteiger partial charge is 0.478 e. The number of aryl methyl sites for hydroxylation is 2. The summed E-state index contributed by atoms with van der Waals surface area (Å²) in [6.07, 6.45) is 3.99. The lowest BCUT2D eigenvalue weighted by Crippen LogP contribution is -2.50. The Balaban J connectivity index is 1.02. The third-order valence-corrected chi connectivity index (χ3v) is 10.2. The van der Waals surface area contributed by atoms with Crippen molar-refractivity contribution in [1.82, 2.24) is 34.9 Å². The fourth-order valence-corrected chi connectivity index (χ4v) is 6.97. The number of carbonyl (C=O) groups is 3. The molecule has 1 unspecified atom stereocenters. The summed E-state index contributed by atoms with van der Waals surface area (Å²) < 4.78 is 8.76. The molecular formula is C36H39ClN10O5. The molecule has 0 saturated carbocycles. The number of amides is 3. The Labute approximate surface area is 303 Å². The number of rotatable bonds is 9. The van der Waals surface area contributed by atoms with Crippen LogP contribution in [0.25, 0.3) is 21.8 Å². The maximum absolute atomic E-state index is 12.8. The SMILES string of the molecule is CNC(=O)COc1cc2cc(Nc3nc(N4CCC(Nc5ccc6c(C7(C)CCC(=O)NC7=O)nn(C)c6c5)CC4)ncc3Cl)ccc2n(C)c1=O. The Morgan fingerprint density at radius 2 is 1.83 bits per heavy atom. The van der Waals surface area contributed by atoms with Gasteiger partial charge in [-0.3, -0.25) is 29.2 Å². The predicted molar refractivity (Wildman–Crippen MR) is 198 cm³/mol. The van der Waals surface area contributed by atoms with Crippen LogP contribution in [0.4, 0.5) is 23.1 Å². The van der Waals surface area contributed by atoms with E-state index in [1.54, 1.807) is 24.0 Å². The zero-order valence-corrected chi connectivity index (χ0v) is 30.0. The highest BCUT2D eigenvalue weighted by atomic mass is 35.5. The van der Waals surface area contributed by atoms with Crippen molar-refractivity contribution in [2.75, 3.05) is 42.3 Å². The van der Waals surface area contributed by atoms with Crippen LogP contribution in [0.5, 0.6) is 5.75 Å². The highest BCUT2D eigenvalue weighted by Crippen LogP contribution is 2.37. The summed E-state index contributed by atoms with van der Waals surface area (Å²) in [6.45, 7) is 3.04. The van der Waals surface area contributed by atoms with E-state index in [0.717, 1.165) is 47.9 Å². The fourth-order valence-electron chi connectivity index (χ4n) is 6.83. The molecule has 2 aromatic carbocycles. The lowest BCUT2D eigenvalue weighted by molar-refractivity contribution is -0.137. The second-order valence-electron chi connectivity index (χ2n) is 13.4. The van der Waals surface area contributed by atoms with Crippen LogP contribution in [0, 0.1) is 0 Å². The molecule has 2 fully saturated rings. The summed E-state index contributed by atoms with van der Waals surface area (Å²) in [4.78, 5) is 60.5. The molecule has 1 atom stereocenters. The maximum Gasteiger partial charge on any atom is 0.293 e. The van der Waals surface area contributed by atoms with Gasteiger partial charge >= 0.3 is 0 Å². The van der Waals surface area contributed by atoms with E-state index in [2.05, 4.69) is 37.2 Å². The molecule has 0 radical (unpaired) electrons. The molecule has 4 N–H and O–H groups in total. The van der Waals surface area contributed by atoms with E-state index in [1.807, 2.05) is 44.3 Å². The number of imide groups is 1. The Morgan fingerprint density at radius 3 is 2.58 bits per heavy atom. The minimum absolute atomic E-state index is 0.0712. The van der Waals surface area contributed by atoms with Crippen molar-refractivity contribution in [2.45, 2.75) is 44.1 Å².